The fourth-order valence-corrected chi connectivity index (χ4v) is 2.17. The number of methoxy groups -OCH3 is 1. The zero-order chi connectivity index (χ0) is 13.8. The summed E-state index contributed by atoms with van der Waals surface area (Å²) in [7, 11) is 1.51. The van der Waals surface area contributed by atoms with E-state index in [2.05, 4.69) is 27.9 Å². The summed E-state index contributed by atoms with van der Waals surface area (Å²) in [6.45, 7) is 0. The smallest absolute Gasteiger partial charge is 0.259 e. The van der Waals surface area contributed by atoms with E-state index < -0.39 is 0 Å². The van der Waals surface area contributed by atoms with Gasteiger partial charge in [-0.15, -0.1) is 0 Å². The second-order valence-electron chi connectivity index (χ2n) is 3.89. The number of carbonyl (C=O) groups is 1. The average Bonchev–Trinajstić information content (AvgIpc) is 2.41. The molecule has 0 radical (unpaired) electrons. The van der Waals surface area contributed by atoms with Gasteiger partial charge in [-0.2, -0.15) is 0 Å². The number of halogens is 1. The van der Waals surface area contributed by atoms with Crippen LogP contribution >= 0.6 is 22.6 Å². The number of para-hydroxylation sites is 1. The van der Waals surface area contributed by atoms with Gasteiger partial charge >= 0.3 is 0 Å². The molecule has 0 aromatic heterocycles. The van der Waals surface area contributed by atoms with Crippen molar-refractivity contribution in [3.05, 3.63) is 51.6 Å². The average molecular weight is 368 g/mol. The summed E-state index contributed by atoms with van der Waals surface area (Å²) >= 11 is 2.17. The van der Waals surface area contributed by atoms with Crippen LogP contribution in [0, 0.1) is 3.57 Å². The Morgan fingerprint density at radius 2 is 2.00 bits per heavy atom. The Morgan fingerprint density at radius 1 is 1.26 bits per heavy atom. The summed E-state index contributed by atoms with van der Waals surface area (Å²) in [6.07, 6.45) is 0. The second kappa shape index (κ2) is 5.92. The molecule has 0 spiro atoms. The fourth-order valence-electron chi connectivity index (χ4n) is 1.65. The molecule has 0 unspecified atom stereocenters. The molecule has 0 fully saturated rings. The van der Waals surface area contributed by atoms with Gasteiger partial charge < -0.3 is 15.8 Å². The van der Waals surface area contributed by atoms with E-state index in [4.69, 9.17) is 10.5 Å². The molecule has 0 atom stereocenters. The zero-order valence-electron chi connectivity index (χ0n) is 10.3. The highest BCUT2D eigenvalue weighted by atomic mass is 127. The maximum atomic E-state index is 12.2. The van der Waals surface area contributed by atoms with Gasteiger partial charge in [-0.3, -0.25) is 4.79 Å². The van der Waals surface area contributed by atoms with Gasteiger partial charge in [0.05, 0.1) is 18.4 Å². The van der Waals surface area contributed by atoms with Crippen LogP contribution in [0.4, 0.5) is 11.4 Å². The number of nitrogens with one attached hydrogen (secondary N) is 1. The predicted octanol–water partition coefficient (Wildman–Crippen LogP) is 3.13. The molecule has 0 saturated carbocycles. The first-order chi connectivity index (χ1) is 9.11. The minimum Gasteiger partial charge on any atom is -0.496 e. The Bertz CT molecular complexity index is 614. The lowest BCUT2D eigenvalue weighted by Gasteiger charge is -2.11. The van der Waals surface area contributed by atoms with E-state index in [1.165, 1.54) is 7.11 Å². The van der Waals surface area contributed by atoms with Gasteiger partial charge in [0.15, 0.2) is 0 Å². The van der Waals surface area contributed by atoms with Crippen LogP contribution in [0.2, 0.25) is 0 Å². The Labute approximate surface area is 125 Å². The maximum absolute atomic E-state index is 12.2. The van der Waals surface area contributed by atoms with Crippen LogP contribution in [0.15, 0.2) is 42.5 Å². The molecule has 19 heavy (non-hydrogen) atoms. The van der Waals surface area contributed by atoms with Crippen molar-refractivity contribution in [1.29, 1.82) is 0 Å². The van der Waals surface area contributed by atoms with E-state index in [0.717, 1.165) is 9.26 Å². The quantitative estimate of drug-likeness (QED) is 0.646. The van der Waals surface area contributed by atoms with Gasteiger partial charge in [-0.05, 0) is 46.9 Å². The highest BCUT2D eigenvalue weighted by molar-refractivity contribution is 14.1. The van der Waals surface area contributed by atoms with Gasteiger partial charge in [0, 0.05) is 15.3 Å². The lowest BCUT2D eigenvalue weighted by molar-refractivity contribution is 0.102. The van der Waals surface area contributed by atoms with Crippen LogP contribution in [0.3, 0.4) is 0 Å². The van der Waals surface area contributed by atoms with Crippen LogP contribution < -0.4 is 15.8 Å². The molecular weight excluding hydrogens is 355 g/mol. The summed E-state index contributed by atoms with van der Waals surface area (Å²) < 4.78 is 6.15. The molecule has 2 rings (SSSR count). The Morgan fingerprint density at radius 3 is 2.68 bits per heavy atom. The van der Waals surface area contributed by atoms with Gasteiger partial charge in [0.25, 0.3) is 5.91 Å². The van der Waals surface area contributed by atoms with E-state index in [1.807, 2.05) is 24.3 Å². The first kappa shape index (κ1) is 13.7. The van der Waals surface area contributed by atoms with Crippen LogP contribution in [-0.4, -0.2) is 13.0 Å². The Hall–Kier alpha value is -1.76. The number of nitrogens with two attached hydrogens (primary N) is 1. The number of carbonyl (C=O) groups excluding carboxylic acids is 1. The molecular formula is C14H13IN2O2. The molecule has 1 amide bonds. The Balaban J connectivity index is 2.28. The second-order valence-corrected chi connectivity index (χ2v) is 5.06. The molecule has 2 aromatic rings. The molecule has 0 bridgehead atoms. The molecule has 98 valence electrons. The molecule has 0 saturated heterocycles. The van der Waals surface area contributed by atoms with Gasteiger partial charge in [-0.25, -0.2) is 0 Å². The number of hydrogen-bond donors (Lipinski definition) is 2. The third-order valence-electron chi connectivity index (χ3n) is 2.59. The van der Waals surface area contributed by atoms with Crippen LogP contribution in [0.5, 0.6) is 5.75 Å². The summed E-state index contributed by atoms with van der Waals surface area (Å²) in [4.78, 5) is 12.2. The normalized spacial score (nSPS) is 10.0. The molecule has 4 nitrogen and oxygen atoms in total. The van der Waals surface area contributed by atoms with E-state index in [1.54, 1.807) is 18.2 Å². The molecule has 5 heteroatoms. The van der Waals surface area contributed by atoms with Crippen molar-refractivity contribution in [2.75, 3.05) is 18.2 Å². The van der Waals surface area contributed by atoms with E-state index >= 15 is 0 Å². The number of nitrogen functional groups attached to an aromatic ring is 1. The third kappa shape index (κ3) is 3.17. The number of benzene rings is 2. The zero-order valence-corrected chi connectivity index (χ0v) is 12.5. The first-order valence-corrected chi connectivity index (χ1v) is 6.69. The summed E-state index contributed by atoms with van der Waals surface area (Å²) in [5.41, 5.74) is 7.45. The molecule has 0 aliphatic rings. The summed E-state index contributed by atoms with van der Waals surface area (Å²) in [5, 5.41) is 2.85. The van der Waals surface area contributed by atoms with Crippen molar-refractivity contribution in [2.24, 2.45) is 0 Å². The predicted molar refractivity (Wildman–Crippen MR) is 84.5 cm³/mol. The Kier molecular flexibility index (Phi) is 4.26. The first-order valence-electron chi connectivity index (χ1n) is 5.61. The molecule has 0 aliphatic heterocycles. The van der Waals surface area contributed by atoms with Crippen molar-refractivity contribution >= 4 is 39.9 Å². The van der Waals surface area contributed by atoms with Crippen molar-refractivity contribution in [1.82, 2.24) is 0 Å². The lowest BCUT2D eigenvalue weighted by atomic mass is 10.1. The largest absolute Gasteiger partial charge is 0.496 e. The van der Waals surface area contributed by atoms with Gasteiger partial charge in [-0.1, -0.05) is 12.1 Å². The lowest BCUT2D eigenvalue weighted by Crippen LogP contribution is -2.14. The van der Waals surface area contributed by atoms with Crippen molar-refractivity contribution in [3.8, 4) is 5.75 Å². The SMILES string of the molecule is COc1cc(N)ccc1C(=O)Nc1ccccc1I. The number of rotatable bonds is 3. The monoisotopic (exact) mass is 368 g/mol. The highest BCUT2D eigenvalue weighted by Gasteiger charge is 2.13. The number of amides is 1. The molecule has 0 aliphatic carbocycles. The van der Waals surface area contributed by atoms with Crippen LogP contribution in [0.25, 0.3) is 0 Å². The van der Waals surface area contributed by atoms with Gasteiger partial charge in [0.2, 0.25) is 0 Å². The number of ether oxygens (including phenoxy) is 1. The van der Waals surface area contributed by atoms with Crippen LogP contribution in [0.1, 0.15) is 10.4 Å². The number of anilines is 2. The minimum atomic E-state index is -0.221. The fraction of sp³-hybridized carbons (Fsp3) is 0.0714. The van der Waals surface area contributed by atoms with Crippen molar-refractivity contribution in [3.63, 3.8) is 0 Å². The number of hydrogen-bond acceptors (Lipinski definition) is 3. The van der Waals surface area contributed by atoms with Crippen molar-refractivity contribution < 1.29 is 9.53 Å². The third-order valence-corrected chi connectivity index (χ3v) is 3.53. The maximum Gasteiger partial charge on any atom is 0.259 e. The molecule has 0 heterocycles. The van der Waals surface area contributed by atoms with E-state index in [-0.39, 0.29) is 5.91 Å². The topological polar surface area (TPSA) is 64.3 Å². The standard InChI is InChI=1S/C14H13IN2O2/c1-19-13-8-9(16)6-7-10(13)14(18)17-12-5-3-2-4-11(12)15/h2-8H,16H2,1H3,(H,17,18). The molecule has 3 N–H and O–H groups in total. The van der Waals surface area contributed by atoms with Crippen molar-refractivity contribution in [2.45, 2.75) is 0 Å². The van der Waals surface area contributed by atoms with Gasteiger partial charge in [0.1, 0.15) is 5.75 Å². The highest BCUT2D eigenvalue weighted by Crippen LogP contribution is 2.24. The van der Waals surface area contributed by atoms with E-state index in [9.17, 15) is 4.79 Å². The summed E-state index contributed by atoms with van der Waals surface area (Å²) in [6, 6.07) is 12.5. The molecule has 2 aromatic carbocycles. The van der Waals surface area contributed by atoms with E-state index in [0.29, 0.717) is 17.0 Å². The van der Waals surface area contributed by atoms with Crippen LogP contribution in [-0.2, 0) is 0 Å². The summed E-state index contributed by atoms with van der Waals surface area (Å²) in [5.74, 6) is 0.240. The minimum absolute atomic E-state index is 0.221.